The zero-order valence-electron chi connectivity index (χ0n) is 21.3. The second-order valence-corrected chi connectivity index (χ2v) is 10.3. The molecule has 0 unspecified atom stereocenters. The van der Waals surface area contributed by atoms with Crippen molar-refractivity contribution >= 4 is 27.3 Å². The highest BCUT2D eigenvalue weighted by molar-refractivity contribution is 7.92. The van der Waals surface area contributed by atoms with Crippen LogP contribution in [0.15, 0.2) is 65.8 Å². The monoisotopic (exact) mass is 509 g/mol. The Hall–Kier alpha value is -3.85. The van der Waals surface area contributed by atoms with Crippen LogP contribution in [0.25, 0.3) is 0 Å². The molecule has 3 rings (SSSR count). The van der Waals surface area contributed by atoms with Gasteiger partial charge >= 0.3 is 0 Å². The van der Waals surface area contributed by atoms with Gasteiger partial charge in [-0.2, -0.15) is 5.10 Å². The van der Waals surface area contributed by atoms with Crippen LogP contribution in [0.1, 0.15) is 39.5 Å². The lowest BCUT2D eigenvalue weighted by Crippen LogP contribution is -2.29. The number of sulfonamides is 1. The van der Waals surface area contributed by atoms with Crippen LogP contribution in [-0.4, -0.2) is 40.5 Å². The minimum atomic E-state index is -3.51. The topological polar surface area (TPSA) is 97.3 Å². The van der Waals surface area contributed by atoms with E-state index in [9.17, 15) is 13.2 Å². The number of rotatable bonds is 9. The van der Waals surface area contributed by atoms with E-state index in [0.29, 0.717) is 28.5 Å². The van der Waals surface area contributed by atoms with Gasteiger partial charge in [-0.1, -0.05) is 18.2 Å². The highest BCUT2D eigenvalue weighted by atomic mass is 32.2. The van der Waals surface area contributed by atoms with Gasteiger partial charge in [-0.3, -0.25) is 9.10 Å². The van der Waals surface area contributed by atoms with Crippen LogP contribution in [0.3, 0.4) is 0 Å². The molecule has 0 radical (unpaired) electrons. The van der Waals surface area contributed by atoms with Gasteiger partial charge in [0.1, 0.15) is 0 Å². The lowest BCUT2D eigenvalue weighted by molar-refractivity contribution is 0.0955. The number of nitrogens with one attached hydrogen (secondary N) is 1. The molecule has 8 nitrogen and oxygen atoms in total. The molecule has 0 bridgehead atoms. The molecule has 0 heterocycles. The Bertz CT molecular complexity index is 1380. The quantitative estimate of drug-likeness (QED) is 0.340. The summed E-state index contributed by atoms with van der Waals surface area (Å²) in [6.07, 6.45) is 1.18. The first-order valence-corrected chi connectivity index (χ1v) is 13.1. The predicted octanol–water partition coefficient (Wildman–Crippen LogP) is 4.44. The number of carbonyl (C=O) groups is 1. The summed E-state index contributed by atoms with van der Waals surface area (Å²) < 4.78 is 36.9. The number of nitrogens with zero attached hydrogens (tertiary/aromatic N) is 2. The fourth-order valence-electron chi connectivity index (χ4n) is 3.53. The van der Waals surface area contributed by atoms with Crippen LogP contribution in [0.2, 0.25) is 0 Å². The number of carbonyl (C=O) groups excluding carboxylic acids is 1. The fourth-order valence-corrected chi connectivity index (χ4v) is 4.41. The molecule has 3 aromatic rings. The number of aryl methyl sites for hydroxylation is 2. The highest BCUT2D eigenvalue weighted by Gasteiger charge is 2.19. The van der Waals surface area contributed by atoms with E-state index in [1.165, 1.54) is 10.6 Å². The van der Waals surface area contributed by atoms with Crippen LogP contribution in [-0.2, 0) is 16.6 Å². The lowest BCUT2D eigenvalue weighted by Gasteiger charge is -2.23. The van der Waals surface area contributed by atoms with Crippen molar-refractivity contribution in [2.24, 2.45) is 5.10 Å². The van der Waals surface area contributed by atoms with E-state index in [1.54, 1.807) is 63.6 Å². The smallest absolute Gasteiger partial charge is 0.271 e. The van der Waals surface area contributed by atoms with Crippen molar-refractivity contribution in [2.45, 2.75) is 27.3 Å². The number of hydrogen-bond acceptors (Lipinski definition) is 6. The van der Waals surface area contributed by atoms with Gasteiger partial charge in [0.15, 0.2) is 11.5 Å². The van der Waals surface area contributed by atoms with Crippen LogP contribution in [0.4, 0.5) is 5.69 Å². The van der Waals surface area contributed by atoms with Gasteiger partial charge < -0.3 is 9.47 Å². The molecule has 190 valence electrons. The predicted molar refractivity (Wildman–Crippen MR) is 143 cm³/mol. The first-order chi connectivity index (χ1) is 17.0. The third-order valence-electron chi connectivity index (χ3n) is 5.85. The molecule has 0 aliphatic carbocycles. The zero-order valence-corrected chi connectivity index (χ0v) is 22.1. The maximum absolute atomic E-state index is 12.6. The Morgan fingerprint density at radius 1 is 0.889 bits per heavy atom. The van der Waals surface area contributed by atoms with Crippen molar-refractivity contribution in [1.82, 2.24) is 5.43 Å². The van der Waals surface area contributed by atoms with E-state index in [1.807, 2.05) is 32.0 Å². The van der Waals surface area contributed by atoms with Gasteiger partial charge in [-0.05, 0) is 79.9 Å². The van der Waals surface area contributed by atoms with Gasteiger partial charge in [0, 0.05) is 11.1 Å². The summed E-state index contributed by atoms with van der Waals surface area (Å²) in [7, 11) is -0.393. The first kappa shape index (κ1) is 26.7. The number of hydrogen-bond donors (Lipinski definition) is 1. The summed E-state index contributed by atoms with van der Waals surface area (Å²) in [6, 6.07) is 17.7. The number of methoxy groups -OCH3 is 2. The third kappa shape index (κ3) is 6.42. The molecular weight excluding hydrogens is 478 g/mol. The number of anilines is 1. The molecule has 0 saturated heterocycles. The Morgan fingerprint density at radius 3 is 2.11 bits per heavy atom. The molecular formula is C27H31N3O5S. The highest BCUT2D eigenvalue weighted by Crippen LogP contribution is 2.28. The third-order valence-corrected chi connectivity index (χ3v) is 6.99. The summed E-state index contributed by atoms with van der Waals surface area (Å²) in [5.41, 5.74) is 7.78. The van der Waals surface area contributed by atoms with Crippen molar-refractivity contribution in [1.29, 1.82) is 0 Å². The van der Waals surface area contributed by atoms with E-state index in [-0.39, 0.29) is 12.5 Å². The van der Waals surface area contributed by atoms with Crippen LogP contribution >= 0.6 is 0 Å². The molecule has 0 atom stereocenters. The largest absolute Gasteiger partial charge is 0.493 e. The summed E-state index contributed by atoms with van der Waals surface area (Å²) in [4.78, 5) is 12.6. The van der Waals surface area contributed by atoms with Gasteiger partial charge in [0.05, 0.1) is 38.4 Å². The Labute approximate surface area is 212 Å². The van der Waals surface area contributed by atoms with Crippen molar-refractivity contribution in [3.8, 4) is 11.5 Å². The molecule has 36 heavy (non-hydrogen) atoms. The van der Waals surface area contributed by atoms with Crippen LogP contribution < -0.4 is 19.2 Å². The fraction of sp³-hybridized carbons (Fsp3) is 0.259. The summed E-state index contributed by atoms with van der Waals surface area (Å²) in [5.74, 6) is 0.788. The minimum Gasteiger partial charge on any atom is -0.493 e. The number of benzene rings is 3. The molecule has 0 spiro atoms. The summed E-state index contributed by atoms with van der Waals surface area (Å²) in [5, 5.41) is 4.19. The number of hydrazone groups is 1. The van der Waals surface area contributed by atoms with E-state index in [2.05, 4.69) is 10.5 Å². The Morgan fingerprint density at radius 2 is 1.53 bits per heavy atom. The minimum absolute atomic E-state index is 0.153. The molecule has 1 N–H and O–H groups in total. The molecule has 0 aliphatic heterocycles. The Balaban J connectivity index is 1.73. The maximum Gasteiger partial charge on any atom is 0.271 e. The molecule has 1 amide bonds. The van der Waals surface area contributed by atoms with E-state index >= 15 is 0 Å². The average Bonchev–Trinajstić information content (AvgIpc) is 2.86. The molecule has 9 heteroatoms. The van der Waals surface area contributed by atoms with Crippen molar-refractivity contribution < 1.29 is 22.7 Å². The van der Waals surface area contributed by atoms with Crippen molar-refractivity contribution in [2.75, 3.05) is 24.8 Å². The van der Waals surface area contributed by atoms with Crippen molar-refractivity contribution in [3.63, 3.8) is 0 Å². The van der Waals surface area contributed by atoms with Crippen LogP contribution in [0.5, 0.6) is 11.5 Å². The zero-order chi connectivity index (χ0) is 26.5. The van der Waals surface area contributed by atoms with Gasteiger partial charge in [-0.25, -0.2) is 13.8 Å². The average molecular weight is 510 g/mol. The van der Waals surface area contributed by atoms with E-state index < -0.39 is 10.0 Å². The van der Waals surface area contributed by atoms with Gasteiger partial charge in [-0.15, -0.1) is 0 Å². The van der Waals surface area contributed by atoms with E-state index in [4.69, 9.17) is 9.47 Å². The van der Waals surface area contributed by atoms with Crippen molar-refractivity contribution in [3.05, 3.63) is 88.5 Å². The molecule has 0 aromatic heterocycles. The number of amides is 1. The summed E-state index contributed by atoms with van der Waals surface area (Å²) in [6.45, 7) is 5.85. The lowest BCUT2D eigenvalue weighted by atomic mass is 10.1. The van der Waals surface area contributed by atoms with Gasteiger partial charge in [0.25, 0.3) is 5.91 Å². The second kappa shape index (κ2) is 11.3. The van der Waals surface area contributed by atoms with Crippen LogP contribution in [0, 0.1) is 13.8 Å². The van der Waals surface area contributed by atoms with E-state index in [0.717, 1.165) is 22.3 Å². The Kier molecular flexibility index (Phi) is 8.37. The second-order valence-electron chi connectivity index (χ2n) is 8.44. The molecule has 0 fully saturated rings. The molecule has 0 saturated carbocycles. The first-order valence-electron chi connectivity index (χ1n) is 11.2. The SMILES string of the molecule is COc1ccc(/C(C)=N/NC(=O)c2ccc(CN(c3ccc(C)c(C)c3)S(C)(=O)=O)cc2)cc1OC. The maximum atomic E-state index is 12.6. The molecule has 3 aromatic carbocycles. The van der Waals surface area contributed by atoms with Gasteiger partial charge in [0.2, 0.25) is 10.0 Å². The standard InChI is InChI=1S/C27H31N3O5S/c1-18-7-13-24(15-19(18)2)30(36(6,32)33)17-21-8-10-22(11-9-21)27(31)29-28-20(3)23-12-14-25(34-4)26(16-23)35-5/h7-16H,17H2,1-6H3,(H,29,31)/b28-20+. The summed E-state index contributed by atoms with van der Waals surface area (Å²) >= 11 is 0. The molecule has 0 aliphatic rings. The number of ether oxygens (including phenoxy) is 2. The normalized spacial score (nSPS) is 11.7.